The molecule has 59 heavy (non-hydrogen) atoms. The fraction of sp³-hybridized carbons (Fsp3) is 0.808. The second-order valence-corrected chi connectivity index (χ2v) is 14.8. The number of hydrogen-bond acceptors (Lipinski definition) is 2. The van der Waals surface area contributed by atoms with Crippen LogP contribution >= 0.6 is 0 Å². The van der Waals surface area contributed by atoms with Gasteiger partial charge in [-0.3, -0.25) is 0 Å². The fourth-order valence-corrected chi connectivity index (χ4v) is 4.68. The van der Waals surface area contributed by atoms with Crippen LogP contribution in [0.5, 0.6) is 0 Å². The standard InChI is InChI=1S/2C18H33O2.4C4H9.H2O.2Sn/c2*1-2-3-4-5-6-7-8-9-10-11-12-13-14-15-16-17-18(19)20;4*1-3-4-2;;;/h2*9-10H,2-8,11-17H2,1H3;4*1,3-4H2,2H3;1H2;;/b2*10-9+;;;;;;;. The summed E-state index contributed by atoms with van der Waals surface area (Å²) in [6, 6.07) is 0. The van der Waals surface area contributed by atoms with Gasteiger partial charge in [0.05, 0.1) is 12.8 Å². The summed E-state index contributed by atoms with van der Waals surface area (Å²) in [5.74, 6) is -1.83. The zero-order valence-corrected chi connectivity index (χ0v) is 46.4. The molecule has 350 valence electrons. The molecule has 0 aliphatic rings. The summed E-state index contributed by atoms with van der Waals surface area (Å²) in [6.45, 7) is 27.4. The summed E-state index contributed by atoms with van der Waals surface area (Å²) in [5.41, 5.74) is 0. The molecule has 0 aromatic heterocycles. The van der Waals surface area contributed by atoms with E-state index in [1.807, 2.05) is 0 Å². The Morgan fingerprint density at radius 2 is 0.492 bits per heavy atom. The van der Waals surface area contributed by atoms with Gasteiger partial charge in [0.25, 0.3) is 0 Å². The van der Waals surface area contributed by atoms with Crippen LogP contribution < -0.4 is 0 Å². The van der Waals surface area contributed by atoms with Crippen LogP contribution in [0.2, 0.25) is 0 Å². The Bertz CT molecular complexity index is 627. The minimum Gasteiger partial charge on any atom is -0.412 e. The molecule has 0 spiro atoms. The van der Waals surface area contributed by atoms with Gasteiger partial charge in [0.15, 0.2) is 0 Å². The van der Waals surface area contributed by atoms with E-state index in [-0.39, 0.29) is 66.1 Å². The van der Waals surface area contributed by atoms with Crippen LogP contribution in [-0.4, -0.2) is 65.2 Å². The molecular weight excluding hydrogens is 942 g/mol. The second-order valence-electron chi connectivity index (χ2n) is 14.8. The molecule has 0 saturated heterocycles. The van der Waals surface area contributed by atoms with E-state index in [2.05, 4.69) is 93.5 Å². The van der Waals surface area contributed by atoms with Crippen LogP contribution in [0.1, 0.15) is 273 Å². The van der Waals surface area contributed by atoms with Gasteiger partial charge < -0.3 is 5.48 Å². The maximum absolute atomic E-state index is 10.2. The first-order chi connectivity index (χ1) is 27.2. The Hall–Kier alpha value is -0.0226. The predicted octanol–water partition coefficient (Wildman–Crippen LogP) is 16.9. The average Bonchev–Trinajstić information content (AvgIpc) is 3.21. The summed E-state index contributed by atoms with van der Waals surface area (Å²) >= 11 is 0. The van der Waals surface area contributed by atoms with Gasteiger partial charge in [-0.15, -0.1) is 0 Å². The molecule has 0 fully saturated rings. The van der Waals surface area contributed by atoms with Crippen molar-refractivity contribution in [2.24, 2.45) is 0 Å². The third kappa shape index (κ3) is 126. The summed E-state index contributed by atoms with van der Waals surface area (Å²) in [7, 11) is 0. The van der Waals surface area contributed by atoms with Gasteiger partial charge in [0, 0.05) is 47.8 Å². The van der Waals surface area contributed by atoms with Crippen molar-refractivity contribution in [1.82, 2.24) is 0 Å². The minimum absolute atomic E-state index is 0. The number of unbranched alkanes of at least 4 members (excludes halogenated alkanes) is 26. The molecule has 0 amide bonds. The monoisotopic (exact) mass is 1050 g/mol. The molecular formula is C52H104O5Sn2. The summed E-state index contributed by atoms with van der Waals surface area (Å²) < 4.78 is 0. The van der Waals surface area contributed by atoms with Gasteiger partial charge in [0.2, 0.25) is 0 Å². The van der Waals surface area contributed by atoms with E-state index in [4.69, 9.17) is 0 Å². The van der Waals surface area contributed by atoms with E-state index in [9.17, 15) is 19.8 Å². The normalized spacial score (nSPS) is 9.66. The van der Waals surface area contributed by atoms with E-state index in [0.717, 1.165) is 64.2 Å². The first kappa shape index (κ1) is 79.4. The largest absolute Gasteiger partial charge is 0.412 e. The van der Waals surface area contributed by atoms with Gasteiger partial charge in [-0.25, -0.2) is 19.8 Å². The molecule has 0 saturated carbocycles. The molecule has 2 N–H and O–H groups in total. The van der Waals surface area contributed by atoms with Crippen molar-refractivity contribution in [1.29, 1.82) is 0 Å². The van der Waals surface area contributed by atoms with E-state index >= 15 is 0 Å². The smallest absolute Gasteiger partial charge is 0.355 e. The SMILES string of the molecule is CCCCCCCC/C=C/CCCCCCCC([O])=O.CCCCCCCC/C=C/CCCCCCCC([O])=O.O.[CH2]CCC.[CH2]CCC.[CH2]CCC.[CH2]CCC.[Sn].[Sn]. The first-order valence-corrected chi connectivity index (χ1v) is 24.1. The average molecular weight is 1050 g/mol. The Balaban J connectivity index is -0.0000000852. The van der Waals surface area contributed by atoms with Gasteiger partial charge in [0.1, 0.15) is 0 Å². The zero-order chi connectivity index (χ0) is 43.4. The van der Waals surface area contributed by atoms with Gasteiger partial charge in [-0.1, -0.05) is 248 Å². The topological polar surface area (TPSA) is 105 Å². The van der Waals surface area contributed by atoms with Crippen molar-refractivity contribution in [2.75, 3.05) is 0 Å². The van der Waals surface area contributed by atoms with E-state index in [1.54, 1.807) is 0 Å². The van der Waals surface area contributed by atoms with Crippen LogP contribution in [0.25, 0.3) is 0 Å². The molecule has 0 aromatic rings. The second kappa shape index (κ2) is 89.0. The molecule has 0 rings (SSSR count). The quantitative estimate of drug-likeness (QED) is 0.0364. The van der Waals surface area contributed by atoms with Crippen molar-refractivity contribution >= 4 is 59.8 Å². The van der Waals surface area contributed by atoms with Gasteiger partial charge in [-0.05, 0) is 64.2 Å². The van der Waals surface area contributed by atoms with Gasteiger partial charge in [-0.2, -0.15) is 0 Å². The third-order valence-corrected chi connectivity index (χ3v) is 8.70. The number of carbonyl (C=O) groups is 2. The molecule has 0 bridgehead atoms. The van der Waals surface area contributed by atoms with Crippen molar-refractivity contribution in [3.63, 3.8) is 0 Å². The molecule has 0 unspecified atom stereocenters. The van der Waals surface area contributed by atoms with Crippen molar-refractivity contribution < 1.29 is 25.3 Å². The van der Waals surface area contributed by atoms with E-state index in [1.165, 1.54) is 154 Å². The third-order valence-electron chi connectivity index (χ3n) is 8.70. The molecule has 0 heterocycles. The number of hydrogen-bond donors (Lipinski definition) is 0. The number of allylic oxidation sites excluding steroid dienone is 4. The zero-order valence-electron chi connectivity index (χ0n) is 40.7. The van der Waals surface area contributed by atoms with Crippen molar-refractivity contribution in [3.8, 4) is 0 Å². The van der Waals surface area contributed by atoms with Crippen LogP contribution in [0.15, 0.2) is 24.3 Å². The van der Waals surface area contributed by atoms with E-state index < -0.39 is 11.9 Å². The Morgan fingerprint density at radius 3 is 0.661 bits per heavy atom. The molecule has 0 aromatic carbocycles. The number of rotatable bonds is 34. The minimum atomic E-state index is -0.914. The molecule has 0 atom stereocenters. The molecule has 5 nitrogen and oxygen atoms in total. The molecule has 0 aliphatic carbocycles. The molecule has 14 radical (unpaired) electrons. The molecule has 0 aliphatic heterocycles. The van der Waals surface area contributed by atoms with Crippen molar-refractivity contribution in [2.45, 2.75) is 273 Å². The maximum Gasteiger partial charge on any atom is 0.355 e. The van der Waals surface area contributed by atoms with Crippen LogP contribution in [0.3, 0.4) is 0 Å². The van der Waals surface area contributed by atoms with Gasteiger partial charge >= 0.3 is 11.9 Å². The summed E-state index contributed by atoms with van der Waals surface area (Å²) in [4.78, 5) is 20.4. The van der Waals surface area contributed by atoms with Crippen LogP contribution in [-0.2, 0) is 19.8 Å². The van der Waals surface area contributed by atoms with Crippen LogP contribution in [0, 0.1) is 27.7 Å². The first-order valence-electron chi connectivity index (χ1n) is 24.1. The van der Waals surface area contributed by atoms with E-state index in [0.29, 0.717) is 0 Å². The molecule has 7 heteroatoms. The fourth-order valence-electron chi connectivity index (χ4n) is 4.68. The maximum atomic E-state index is 10.2. The predicted molar refractivity (Wildman–Crippen MR) is 266 cm³/mol. The summed E-state index contributed by atoms with van der Waals surface area (Å²) in [5, 5.41) is 20.4. The summed E-state index contributed by atoms with van der Waals surface area (Å²) in [6.07, 6.45) is 50.9. The Labute approximate surface area is 407 Å². The van der Waals surface area contributed by atoms with Crippen LogP contribution in [0.4, 0.5) is 0 Å². The van der Waals surface area contributed by atoms with Crippen molar-refractivity contribution in [3.05, 3.63) is 52.0 Å². The Kier molecular flexibility index (Phi) is 120. The number of carbonyl (C=O) groups excluding carboxylic acids is 2. The Morgan fingerprint density at radius 1 is 0.322 bits per heavy atom.